The molecule has 1 fully saturated rings. The van der Waals surface area contributed by atoms with Crippen molar-refractivity contribution in [2.45, 2.75) is 59.3 Å². The van der Waals surface area contributed by atoms with Crippen molar-refractivity contribution in [2.24, 2.45) is 23.5 Å². The van der Waals surface area contributed by atoms with E-state index in [1.165, 1.54) is 48.8 Å². The van der Waals surface area contributed by atoms with E-state index in [0.29, 0.717) is 5.92 Å². The van der Waals surface area contributed by atoms with Crippen LogP contribution >= 0.6 is 0 Å². The minimum absolute atomic E-state index is 0.603. The molecule has 1 aliphatic carbocycles. The van der Waals surface area contributed by atoms with Gasteiger partial charge in [0.1, 0.15) is 0 Å². The first kappa shape index (κ1) is 19.8. The Labute approximate surface area is 154 Å². The van der Waals surface area contributed by atoms with Gasteiger partial charge in [-0.1, -0.05) is 38.7 Å². The number of allylic oxidation sites excluding steroid dienone is 6. The van der Waals surface area contributed by atoms with Crippen LogP contribution in [0.15, 0.2) is 47.3 Å². The zero-order chi connectivity index (χ0) is 18.1. The third-order valence-electron chi connectivity index (χ3n) is 5.81. The van der Waals surface area contributed by atoms with Crippen LogP contribution < -0.4 is 16.4 Å². The van der Waals surface area contributed by atoms with Gasteiger partial charge in [-0.05, 0) is 92.3 Å². The van der Waals surface area contributed by atoms with Crippen LogP contribution in [0.3, 0.4) is 0 Å². The van der Waals surface area contributed by atoms with Crippen LogP contribution in [0.1, 0.15) is 59.3 Å². The largest absolute Gasteiger partial charge is 0.374 e. The van der Waals surface area contributed by atoms with Crippen molar-refractivity contribution < 1.29 is 0 Å². The van der Waals surface area contributed by atoms with Crippen LogP contribution in [0.2, 0.25) is 0 Å². The average Bonchev–Trinajstić information content (AvgIpc) is 3.13. The highest BCUT2D eigenvalue weighted by Crippen LogP contribution is 2.39. The second-order valence-electron chi connectivity index (χ2n) is 7.70. The highest BCUT2D eigenvalue weighted by atomic mass is 15.0. The molecule has 25 heavy (non-hydrogen) atoms. The van der Waals surface area contributed by atoms with E-state index in [1.807, 2.05) is 12.4 Å². The average molecular weight is 344 g/mol. The molecule has 2 unspecified atom stereocenters. The smallest absolute Gasteiger partial charge is 0.0840 e. The van der Waals surface area contributed by atoms with Gasteiger partial charge in [0.2, 0.25) is 0 Å². The molecule has 0 radical (unpaired) electrons. The molecule has 3 heteroatoms. The van der Waals surface area contributed by atoms with E-state index in [0.717, 1.165) is 31.5 Å². The van der Waals surface area contributed by atoms with Crippen molar-refractivity contribution >= 4 is 0 Å². The normalized spacial score (nSPS) is 23.3. The van der Waals surface area contributed by atoms with E-state index in [9.17, 15) is 0 Å². The number of hydrogen-bond acceptors (Lipinski definition) is 3. The molecule has 3 nitrogen and oxygen atoms in total. The molecule has 1 saturated carbocycles. The quantitative estimate of drug-likeness (QED) is 0.633. The summed E-state index contributed by atoms with van der Waals surface area (Å²) in [5, 5.41) is 6.49. The predicted molar refractivity (Wildman–Crippen MR) is 109 cm³/mol. The van der Waals surface area contributed by atoms with Gasteiger partial charge in [0.15, 0.2) is 0 Å². The molecule has 0 spiro atoms. The monoisotopic (exact) mass is 343 g/mol. The van der Waals surface area contributed by atoms with Gasteiger partial charge in [-0.15, -0.1) is 0 Å². The lowest BCUT2D eigenvalue weighted by Crippen LogP contribution is -2.20. The van der Waals surface area contributed by atoms with E-state index < -0.39 is 0 Å². The summed E-state index contributed by atoms with van der Waals surface area (Å²) in [6, 6.07) is 0. The van der Waals surface area contributed by atoms with Crippen LogP contribution in [-0.4, -0.2) is 13.2 Å². The molecule has 2 rings (SSSR count). The van der Waals surface area contributed by atoms with Gasteiger partial charge in [0.05, 0.1) is 6.67 Å². The lowest BCUT2D eigenvalue weighted by Gasteiger charge is -2.28. The van der Waals surface area contributed by atoms with Crippen molar-refractivity contribution in [1.82, 2.24) is 10.6 Å². The molecule has 140 valence electrons. The van der Waals surface area contributed by atoms with Gasteiger partial charge in [0.25, 0.3) is 0 Å². The number of hydrogen-bond donors (Lipinski definition) is 3. The number of rotatable bonds is 7. The summed E-state index contributed by atoms with van der Waals surface area (Å²) >= 11 is 0. The van der Waals surface area contributed by atoms with Crippen molar-refractivity contribution in [3.8, 4) is 0 Å². The minimum Gasteiger partial charge on any atom is -0.374 e. The standard InChI is InChI=1S/C22H37N3/c1-17-10-13-24-16-25-14-11-21(17)18(2)15-19(3)22(9-6-12-23)20-7-4-5-8-20/h10-11,13-15,19-20,22,24-25H,4-9,12,16,23H2,1-3H3/b13-10?,14-11-,18-15+,21-17?. The summed E-state index contributed by atoms with van der Waals surface area (Å²) < 4.78 is 0. The third kappa shape index (κ3) is 6.07. The van der Waals surface area contributed by atoms with Gasteiger partial charge < -0.3 is 16.4 Å². The van der Waals surface area contributed by atoms with E-state index >= 15 is 0 Å². The van der Waals surface area contributed by atoms with Gasteiger partial charge in [-0.2, -0.15) is 0 Å². The van der Waals surface area contributed by atoms with Crippen molar-refractivity contribution in [3.63, 3.8) is 0 Å². The fraction of sp³-hybridized carbons (Fsp3) is 0.636. The van der Waals surface area contributed by atoms with Crippen LogP contribution in [0, 0.1) is 17.8 Å². The van der Waals surface area contributed by atoms with E-state index in [4.69, 9.17) is 5.73 Å². The third-order valence-corrected chi connectivity index (χ3v) is 5.81. The highest BCUT2D eigenvalue weighted by Gasteiger charge is 2.28. The minimum atomic E-state index is 0.603. The molecule has 4 N–H and O–H groups in total. The summed E-state index contributed by atoms with van der Waals surface area (Å²) in [6.07, 6.45) is 19.0. The predicted octanol–water partition coefficient (Wildman–Crippen LogP) is 4.61. The Morgan fingerprint density at radius 2 is 1.92 bits per heavy atom. The Hall–Kier alpha value is -1.48. The van der Waals surface area contributed by atoms with Crippen molar-refractivity contribution in [1.29, 1.82) is 0 Å². The Morgan fingerprint density at radius 3 is 2.60 bits per heavy atom. The molecule has 2 aliphatic rings. The Morgan fingerprint density at radius 1 is 1.24 bits per heavy atom. The summed E-state index contributed by atoms with van der Waals surface area (Å²) in [7, 11) is 0. The number of nitrogens with two attached hydrogens (primary N) is 1. The molecular formula is C22H37N3. The van der Waals surface area contributed by atoms with Gasteiger partial charge in [-0.25, -0.2) is 0 Å². The van der Waals surface area contributed by atoms with Gasteiger partial charge >= 0.3 is 0 Å². The van der Waals surface area contributed by atoms with Crippen LogP contribution in [0.25, 0.3) is 0 Å². The lowest BCUT2D eigenvalue weighted by molar-refractivity contribution is 0.256. The molecule has 0 aromatic carbocycles. The summed E-state index contributed by atoms with van der Waals surface area (Å²) in [5.74, 6) is 2.27. The molecule has 0 saturated heterocycles. The Kier molecular flexibility index (Phi) is 8.33. The van der Waals surface area contributed by atoms with Crippen molar-refractivity contribution in [2.75, 3.05) is 13.2 Å². The van der Waals surface area contributed by atoms with Gasteiger partial charge in [0, 0.05) is 0 Å². The molecule has 0 amide bonds. The maximum atomic E-state index is 5.81. The topological polar surface area (TPSA) is 50.1 Å². The highest BCUT2D eigenvalue weighted by molar-refractivity contribution is 5.45. The molecule has 1 heterocycles. The van der Waals surface area contributed by atoms with E-state index in [-0.39, 0.29) is 0 Å². The molecule has 0 aromatic rings. The first-order valence-electron chi connectivity index (χ1n) is 10.0. The second kappa shape index (κ2) is 10.5. The van der Waals surface area contributed by atoms with E-state index in [2.05, 4.69) is 49.6 Å². The fourth-order valence-electron chi connectivity index (χ4n) is 4.44. The molecule has 2 atom stereocenters. The first-order valence-corrected chi connectivity index (χ1v) is 10.0. The van der Waals surface area contributed by atoms with Crippen LogP contribution in [0.5, 0.6) is 0 Å². The van der Waals surface area contributed by atoms with Crippen LogP contribution in [0.4, 0.5) is 0 Å². The maximum absolute atomic E-state index is 5.81. The zero-order valence-corrected chi connectivity index (χ0v) is 16.4. The van der Waals surface area contributed by atoms with Gasteiger partial charge in [-0.3, -0.25) is 0 Å². The summed E-state index contributed by atoms with van der Waals surface area (Å²) in [4.78, 5) is 0. The SMILES string of the molecule is CC1=C(/C(C)=C/C(C)C(CCCN)C2CCCC2)/C=C\NCNC=C1. The molecular weight excluding hydrogens is 306 g/mol. The van der Waals surface area contributed by atoms with E-state index in [1.54, 1.807) is 0 Å². The first-order chi connectivity index (χ1) is 12.1. The Bertz CT molecular complexity index is 521. The Balaban J connectivity index is 2.18. The second-order valence-corrected chi connectivity index (χ2v) is 7.70. The maximum Gasteiger partial charge on any atom is 0.0840 e. The molecule has 0 bridgehead atoms. The molecule has 0 aromatic heterocycles. The molecule has 1 aliphatic heterocycles. The van der Waals surface area contributed by atoms with Crippen LogP contribution in [-0.2, 0) is 0 Å². The summed E-state index contributed by atoms with van der Waals surface area (Å²) in [5.41, 5.74) is 9.81. The zero-order valence-electron chi connectivity index (χ0n) is 16.4. The summed E-state index contributed by atoms with van der Waals surface area (Å²) in [6.45, 7) is 8.43. The fourth-order valence-corrected chi connectivity index (χ4v) is 4.44. The van der Waals surface area contributed by atoms with Crippen molar-refractivity contribution in [3.05, 3.63) is 47.3 Å². The lowest BCUT2D eigenvalue weighted by atomic mass is 9.77. The number of nitrogens with one attached hydrogen (secondary N) is 2.